The second-order valence-corrected chi connectivity index (χ2v) is 8.70. The van der Waals surface area contributed by atoms with Crippen molar-refractivity contribution in [3.63, 3.8) is 0 Å². The van der Waals surface area contributed by atoms with E-state index in [0.717, 1.165) is 22.9 Å². The van der Waals surface area contributed by atoms with Crippen molar-refractivity contribution in [3.8, 4) is 0 Å². The molecule has 0 saturated heterocycles. The topological polar surface area (TPSA) is 80.2 Å². The molecule has 0 aliphatic heterocycles. The molecule has 1 aromatic carbocycles. The average Bonchev–Trinajstić information content (AvgIpc) is 2.93. The Balaban J connectivity index is 2.31. The number of aromatic nitrogens is 1. The SMILES string of the molecule is Cn1cc(S(=O)(=O)NC(C)(C)C(F)(F)F)cc1C(=O)Nc1cc(F)c(F)c(Cl)c1. The van der Waals surface area contributed by atoms with Crippen LogP contribution in [0, 0.1) is 11.6 Å². The van der Waals surface area contributed by atoms with Gasteiger partial charge in [0.1, 0.15) is 16.1 Å². The second-order valence-electron chi connectivity index (χ2n) is 6.61. The van der Waals surface area contributed by atoms with Crippen LogP contribution in [-0.4, -0.2) is 30.6 Å². The summed E-state index contributed by atoms with van der Waals surface area (Å²) in [6.45, 7) is 1.29. The number of halogens is 6. The van der Waals surface area contributed by atoms with Gasteiger partial charge in [0, 0.05) is 25.0 Å². The van der Waals surface area contributed by atoms with Gasteiger partial charge in [-0.3, -0.25) is 4.79 Å². The molecular weight excluding hydrogens is 445 g/mol. The molecule has 2 N–H and O–H groups in total. The lowest BCUT2D eigenvalue weighted by molar-refractivity contribution is -0.180. The van der Waals surface area contributed by atoms with Crippen molar-refractivity contribution in [2.75, 3.05) is 5.32 Å². The number of hydrogen-bond donors (Lipinski definition) is 2. The molecular formula is C16H15ClF5N3O3S. The standard InChI is InChI=1S/C16H15ClF5N3O3S/c1-15(2,16(20,21)22)24-29(27,28)9-6-12(25(3)7-9)14(26)23-8-4-10(17)13(19)11(18)5-8/h4-7,24H,1-3H3,(H,23,26). The number of sulfonamides is 1. The van der Waals surface area contributed by atoms with E-state index in [1.807, 2.05) is 0 Å². The first kappa shape index (κ1) is 23.1. The van der Waals surface area contributed by atoms with Crippen LogP contribution in [-0.2, 0) is 17.1 Å². The Bertz CT molecular complexity index is 1040. The fraction of sp³-hybridized carbons (Fsp3) is 0.312. The Morgan fingerprint density at radius 1 is 1.14 bits per heavy atom. The smallest absolute Gasteiger partial charge is 0.345 e. The first-order chi connectivity index (χ1) is 13.0. The van der Waals surface area contributed by atoms with Crippen LogP contribution in [0.3, 0.4) is 0 Å². The van der Waals surface area contributed by atoms with Crippen LogP contribution in [0.1, 0.15) is 24.3 Å². The van der Waals surface area contributed by atoms with Crippen LogP contribution in [0.5, 0.6) is 0 Å². The largest absolute Gasteiger partial charge is 0.407 e. The number of nitrogens with zero attached hydrogens (tertiary/aromatic N) is 1. The van der Waals surface area contributed by atoms with Crippen LogP contribution >= 0.6 is 11.6 Å². The van der Waals surface area contributed by atoms with Crippen molar-refractivity contribution >= 4 is 33.2 Å². The van der Waals surface area contributed by atoms with Crippen molar-refractivity contribution in [2.45, 2.75) is 30.5 Å². The number of amides is 1. The van der Waals surface area contributed by atoms with Crippen molar-refractivity contribution < 1.29 is 35.2 Å². The minimum atomic E-state index is -4.86. The Labute approximate surface area is 167 Å². The molecule has 0 radical (unpaired) electrons. The first-order valence-electron chi connectivity index (χ1n) is 7.78. The maximum Gasteiger partial charge on any atom is 0.407 e. The second kappa shape index (κ2) is 7.58. The normalized spacial score (nSPS) is 12.9. The zero-order valence-electron chi connectivity index (χ0n) is 15.2. The van der Waals surface area contributed by atoms with Gasteiger partial charge in [0.25, 0.3) is 5.91 Å². The van der Waals surface area contributed by atoms with E-state index in [1.165, 1.54) is 11.8 Å². The zero-order valence-corrected chi connectivity index (χ0v) is 16.7. The highest BCUT2D eigenvalue weighted by atomic mass is 35.5. The van der Waals surface area contributed by atoms with Crippen molar-refractivity contribution in [1.29, 1.82) is 0 Å². The van der Waals surface area contributed by atoms with Crippen LogP contribution < -0.4 is 10.0 Å². The van der Waals surface area contributed by atoms with Gasteiger partial charge >= 0.3 is 6.18 Å². The van der Waals surface area contributed by atoms with Crippen LogP contribution in [0.4, 0.5) is 27.6 Å². The predicted molar refractivity (Wildman–Crippen MR) is 95.2 cm³/mol. The highest BCUT2D eigenvalue weighted by molar-refractivity contribution is 7.89. The maximum absolute atomic E-state index is 13.4. The summed E-state index contributed by atoms with van der Waals surface area (Å²) >= 11 is 5.49. The number of carbonyl (C=O) groups is 1. The van der Waals surface area contributed by atoms with Crippen LogP contribution in [0.15, 0.2) is 29.3 Å². The van der Waals surface area contributed by atoms with Crippen molar-refractivity contribution in [1.82, 2.24) is 9.29 Å². The number of anilines is 1. The molecule has 1 aromatic heterocycles. The molecule has 0 bridgehead atoms. The van der Waals surface area contributed by atoms with E-state index in [-0.39, 0.29) is 11.4 Å². The fourth-order valence-electron chi connectivity index (χ4n) is 2.18. The van der Waals surface area contributed by atoms with Crippen molar-refractivity contribution in [2.24, 2.45) is 7.05 Å². The third-order valence-corrected chi connectivity index (χ3v) is 5.76. The van der Waals surface area contributed by atoms with Gasteiger partial charge in [-0.1, -0.05) is 11.6 Å². The molecule has 0 atom stereocenters. The third kappa shape index (κ3) is 4.87. The molecule has 2 aromatic rings. The highest BCUT2D eigenvalue weighted by Crippen LogP contribution is 2.31. The Morgan fingerprint density at radius 3 is 2.24 bits per heavy atom. The lowest BCUT2D eigenvalue weighted by Crippen LogP contribution is -2.54. The van der Waals surface area contributed by atoms with Gasteiger partial charge in [0.05, 0.1) is 5.02 Å². The zero-order chi connectivity index (χ0) is 22.4. The molecule has 0 aliphatic rings. The molecule has 0 fully saturated rings. The molecule has 0 aliphatic carbocycles. The molecule has 1 heterocycles. The van der Waals surface area contributed by atoms with E-state index < -0.39 is 49.2 Å². The van der Waals surface area contributed by atoms with Gasteiger partial charge in [0.15, 0.2) is 11.6 Å². The van der Waals surface area contributed by atoms with E-state index in [9.17, 15) is 35.2 Å². The minimum Gasteiger partial charge on any atom is -0.345 e. The lowest BCUT2D eigenvalue weighted by atomic mass is 10.1. The van der Waals surface area contributed by atoms with Gasteiger partial charge in [-0.05, 0) is 26.0 Å². The van der Waals surface area contributed by atoms with Crippen LogP contribution in [0.25, 0.3) is 0 Å². The van der Waals surface area contributed by atoms with E-state index >= 15 is 0 Å². The van der Waals surface area contributed by atoms with E-state index in [0.29, 0.717) is 19.9 Å². The number of hydrogen-bond acceptors (Lipinski definition) is 3. The van der Waals surface area contributed by atoms with E-state index in [4.69, 9.17) is 11.6 Å². The summed E-state index contributed by atoms with van der Waals surface area (Å²) in [6.07, 6.45) is -3.93. The van der Waals surface area contributed by atoms with Gasteiger partial charge in [-0.25, -0.2) is 17.2 Å². The molecule has 2 rings (SSSR count). The van der Waals surface area contributed by atoms with Gasteiger partial charge < -0.3 is 9.88 Å². The quantitative estimate of drug-likeness (QED) is 0.527. The van der Waals surface area contributed by atoms with Gasteiger partial charge in [-0.15, -0.1) is 0 Å². The number of carbonyl (C=O) groups excluding carboxylic acids is 1. The third-order valence-electron chi connectivity index (χ3n) is 3.86. The summed E-state index contributed by atoms with van der Waals surface area (Å²) in [6, 6.07) is 2.44. The van der Waals surface area contributed by atoms with Crippen molar-refractivity contribution in [3.05, 3.63) is 46.7 Å². The minimum absolute atomic E-state index is 0.208. The predicted octanol–water partition coefficient (Wildman–Crippen LogP) is 3.83. The van der Waals surface area contributed by atoms with E-state index in [2.05, 4.69) is 5.32 Å². The molecule has 1 amide bonds. The van der Waals surface area contributed by atoms with Gasteiger partial charge in [0.2, 0.25) is 10.0 Å². The first-order valence-corrected chi connectivity index (χ1v) is 9.64. The number of rotatable bonds is 5. The molecule has 0 saturated carbocycles. The molecule has 160 valence electrons. The van der Waals surface area contributed by atoms with E-state index in [1.54, 1.807) is 0 Å². The molecule has 0 spiro atoms. The number of nitrogens with one attached hydrogen (secondary N) is 2. The fourth-order valence-corrected chi connectivity index (χ4v) is 3.86. The Kier molecular flexibility index (Phi) is 6.04. The lowest BCUT2D eigenvalue weighted by Gasteiger charge is -2.28. The summed E-state index contributed by atoms with van der Waals surface area (Å²) in [5.41, 5.74) is -3.23. The van der Waals surface area contributed by atoms with Crippen LogP contribution in [0.2, 0.25) is 5.02 Å². The van der Waals surface area contributed by atoms with Gasteiger partial charge in [-0.2, -0.15) is 17.9 Å². The molecule has 0 unspecified atom stereocenters. The summed E-state index contributed by atoms with van der Waals surface area (Å²) in [7, 11) is -3.35. The molecule has 29 heavy (non-hydrogen) atoms. The summed E-state index contributed by atoms with van der Waals surface area (Å²) in [5.74, 6) is -3.55. The average molecular weight is 460 g/mol. The maximum atomic E-state index is 13.4. The summed E-state index contributed by atoms with van der Waals surface area (Å²) in [5, 5.41) is 1.61. The molecule has 13 heteroatoms. The Morgan fingerprint density at radius 2 is 1.72 bits per heavy atom. The molecule has 6 nitrogen and oxygen atoms in total. The monoisotopic (exact) mass is 459 g/mol. The number of benzene rings is 1. The summed E-state index contributed by atoms with van der Waals surface area (Å²) < 4.78 is 92.7. The Hall–Kier alpha value is -2.18. The number of aryl methyl sites for hydroxylation is 1. The number of alkyl halides is 3. The highest BCUT2D eigenvalue weighted by Gasteiger charge is 2.50. The summed E-state index contributed by atoms with van der Waals surface area (Å²) in [4.78, 5) is 11.7.